The highest BCUT2D eigenvalue weighted by molar-refractivity contribution is 6.00. The second-order valence-corrected chi connectivity index (χ2v) is 3.92. The lowest BCUT2D eigenvalue weighted by Crippen LogP contribution is -2.30. The van der Waals surface area contributed by atoms with Crippen LogP contribution in [0.4, 0.5) is 5.69 Å². The van der Waals surface area contributed by atoms with E-state index in [1.807, 2.05) is 19.9 Å². The van der Waals surface area contributed by atoms with Gasteiger partial charge in [-0.1, -0.05) is 12.1 Å². The highest BCUT2D eigenvalue weighted by atomic mass is 16.4. The fraction of sp³-hybridized carbons (Fsp3) is 0.333. The fourth-order valence-corrected chi connectivity index (χ4v) is 1.37. The maximum atomic E-state index is 11.7. The molecule has 0 aliphatic heterocycles. The van der Waals surface area contributed by atoms with Crippen molar-refractivity contribution in [2.75, 3.05) is 11.9 Å². The zero-order valence-electron chi connectivity index (χ0n) is 9.86. The molecule has 3 N–H and O–H groups in total. The number of carboxylic acid groups (broad SMARTS) is 1. The molecule has 5 heteroatoms. The van der Waals surface area contributed by atoms with E-state index in [2.05, 4.69) is 10.6 Å². The minimum Gasteiger partial charge on any atom is -0.480 e. The van der Waals surface area contributed by atoms with Crippen molar-refractivity contribution in [1.82, 2.24) is 5.32 Å². The first kappa shape index (κ1) is 13.0. The number of para-hydroxylation sites is 1. The highest BCUT2D eigenvalue weighted by Gasteiger charge is 2.11. The molecule has 17 heavy (non-hydrogen) atoms. The second kappa shape index (κ2) is 5.89. The van der Waals surface area contributed by atoms with Crippen LogP contribution in [-0.2, 0) is 4.79 Å². The largest absolute Gasteiger partial charge is 0.480 e. The lowest BCUT2D eigenvalue weighted by atomic mass is 10.1. The van der Waals surface area contributed by atoms with E-state index in [0.717, 1.165) is 0 Å². The first-order chi connectivity index (χ1) is 8.00. The van der Waals surface area contributed by atoms with E-state index in [0.29, 0.717) is 11.3 Å². The number of carbonyl (C=O) groups excluding carboxylic acids is 1. The molecule has 0 fully saturated rings. The van der Waals surface area contributed by atoms with Crippen molar-refractivity contribution in [2.24, 2.45) is 0 Å². The highest BCUT2D eigenvalue weighted by Crippen LogP contribution is 2.15. The smallest absolute Gasteiger partial charge is 0.322 e. The average molecular weight is 236 g/mol. The Bertz CT molecular complexity index is 416. The number of aliphatic carboxylic acids is 1. The molecule has 1 rings (SSSR count). The monoisotopic (exact) mass is 236 g/mol. The van der Waals surface area contributed by atoms with Crippen molar-refractivity contribution < 1.29 is 14.7 Å². The molecule has 0 unspecified atom stereocenters. The molecule has 0 heterocycles. The summed E-state index contributed by atoms with van der Waals surface area (Å²) >= 11 is 0. The third kappa shape index (κ3) is 4.14. The third-order valence-corrected chi connectivity index (χ3v) is 2.02. The number of hydrogen-bond donors (Lipinski definition) is 3. The summed E-state index contributed by atoms with van der Waals surface area (Å²) in [5.41, 5.74) is 1.15. The number of amides is 1. The predicted octanol–water partition coefficient (Wildman–Crippen LogP) is 1.32. The summed E-state index contributed by atoms with van der Waals surface area (Å²) in [6.07, 6.45) is 0. The van der Waals surface area contributed by atoms with Gasteiger partial charge < -0.3 is 15.7 Å². The molecule has 1 aromatic carbocycles. The van der Waals surface area contributed by atoms with Gasteiger partial charge in [-0.05, 0) is 26.0 Å². The normalized spacial score (nSPS) is 10.1. The lowest BCUT2D eigenvalue weighted by molar-refractivity contribution is -0.135. The van der Waals surface area contributed by atoms with Gasteiger partial charge in [-0.3, -0.25) is 9.59 Å². The summed E-state index contributed by atoms with van der Waals surface area (Å²) in [4.78, 5) is 22.1. The number of carboxylic acids is 1. The molecule has 0 radical (unpaired) electrons. The molecule has 0 atom stereocenters. The van der Waals surface area contributed by atoms with Gasteiger partial charge in [0.15, 0.2) is 0 Å². The lowest BCUT2D eigenvalue weighted by Gasteiger charge is -2.14. The van der Waals surface area contributed by atoms with Gasteiger partial charge in [0.1, 0.15) is 6.54 Å². The van der Waals surface area contributed by atoms with E-state index in [1.54, 1.807) is 18.2 Å². The Balaban J connectivity index is 2.81. The summed E-state index contributed by atoms with van der Waals surface area (Å²) in [5, 5.41) is 14.0. The SMILES string of the molecule is CC(C)Nc1ccccc1C(=O)NCC(=O)O. The van der Waals surface area contributed by atoms with Crippen LogP contribution in [0.25, 0.3) is 0 Å². The molecule has 0 aliphatic carbocycles. The molecule has 92 valence electrons. The Hall–Kier alpha value is -2.04. The summed E-state index contributed by atoms with van der Waals surface area (Å²) in [5.74, 6) is -1.45. The van der Waals surface area contributed by atoms with Crippen LogP contribution in [0.5, 0.6) is 0 Å². The van der Waals surface area contributed by atoms with Gasteiger partial charge in [0.05, 0.1) is 5.56 Å². The van der Waals surface area contributed by atoms with Crippen LogP contribution in [0, 0.1) is 0 Å². The van der Waals surface area contributed by atoms with Gasteiger partial charge in [0, 0.05) is 11.7 Å². The van der Waals surface area contributed by atoms with Crippen LogP contribution in [0.3, 0.4) is 0 Å². The standard InChI is InChI=1S/C12H16N2O3/c1-8(2)14-10-6-4-3-5-9(10)12(17)13-7-11(15)16/h3-6,8,14H,7H2,1-2H3,(H,13,17)(H,15,16). The van der Waals surface area contributed by atoms with Crippen molar-refractivity contribution in [2.45, 2.75) is 19.9 Å². The Labute approximate surface area is 99.8 Å². The molecule has 1 aromatic rings. The van der Waals surface area contributed by atoms with Crippen LogP contribution >= 0.6 is 0 Å². The zero-order chi connectivity index (χ0) is 12.8. The number of anilines is 1. The van der Waals surface area contributed by atoms with Crippen LogP contribution in [0.15, 0.2) is 24.3 Å². The van der Waals surface area contributed by atoms with Crippen molar-refractivity contribution in [1.29, 1.82) is 0 Å². The Morgan fingerprint density at radius 2 is 1.94 bits per heavy atom. The quantitative estimate of drug-likeness (QED) is 0.720. The van der Waals surface area contributed by atoms with Crippen molar-refractivity contribution in [3.05, 3.63) is 29.8 Å². The van der Waals surface area contributed by atoms with Crippen molar-refractivity contribution in [3.63, 3.8) is 0 Å². The zero-order valence-corrected chi connectivity index (χ0v) is 9.86. The van der Waals surface area contributed by atoms with Gasteiger partial charge in [0.25, 0.3) is 5.91 Å². The van der Waals surface area contributed by atoms with Gasteiger partial charge in [-0.25, -0.2) is 0 Å². The van der Waals surface area contributed by atoms with Crippen LogP contribution in [-0.4, -0.2) is 29.6 Å². The summed E-state index contributed by atoms with van der Waals surface area (Å²) in [6, 6.07) is 7.20. The van der Waals surface area contributed by atoms with Gasteiger partial charge >= 0.3 is 5.97 Å². The van der Waals surface area contributed by atoms with E-state index in [9.17, 15) is 9.59 Å². The maximum absolute atomic E-state index is 11.7. The topological polar surface area (TPSA) is 78.4 Å². The molecule has 5 nitrogen and oxygen atoms in total. The van der Waals surface area contributed by atoms with E-state index in [4.69, 9.17) is 5.11 Å². The molecule has 0 aromatic heterocycles. The molecule has 0 bridgehead atoms. The molecule has 0 saturated heterocycles. The number of benzene rings is 1. The molecule has 0 saturated carbocycles. The summed E-state index contributed by atoms with van der Waals surface area (Å²) in [7, 11) is 0. The van der Waals surface area contributed by atoms with E-state index >= 15 is 0 Å². The van der Waals surface area contributed by atoms with Crippen LogP contribution in [0.1, 0.15) is 24.2 Å². The minimum atomic E-state index is -1.06. The van der Waals surface area contributed by atoms with Crippen molar-refractivity contribution >= 4 is 17.6 Å². The molecule has 1 amide bonds. The first-order valence-electron chi connectivity index (χ1n) is 5.36. The van der Waals surface area contributed by atoms with Gasteiger partial charge in [-0.15, -0.1) is 0 Å². The third-order valence-electron chi connectivity index (χ3n) is 2.02. The fourth-order valence-electron chi connectivity index (χ4n) is 1.37. The Morgan fingerprint density at radius 1 is 1.29 bits per heavy atom. The second-order valence-electron chi connectivity index (χ2n) is 3.92. The van der Waals surface area contributed by atoms with Crippen LogP contribution in [0.2, 0.25) is 0 Å². The number of carbonyl (C=O) groups is 2. The van der Waals surface area contributed by atoms with Gasteiger partial charge in [-0.2, -0.15) is 0 Å². The molecular weight excluding hydrogens is 220 g/mol. The summed E-state index contributed by atoms with van der Waals surface area (Å²) < 4.78 is 0. The first-order valence-corrected chi connectivity index (χ1v) is 5.36. The van der Waals surface area contributed by atoms with Crippen molar-refractivity contribution in [3.8, 4) is 0 Å². The molecular formula is C12H16N2O3. The van der Waals surface area contributed by atoms with E-state index < -0.39 is 11.9 Å². The number of nitrogens with one attached hydrogen (secondary N) is 2. The average Bonchev–Trinajstić information content (AvgIpc) is 2.25. The predicted molar refractivity (Wildman–Crippen MR) is 65.2 cm³/mol. The molecule has 0 aliphatic rings. The number of hydrogen-bond acceptors (Lipinski definition) is 3. The molecule has 0 spiro atoms. The van der Waals surface area contributed by atoms with Gasteiger partial charge in [0.2, 0.25) is 0 Å². The number of rotatable bonds is 5. The maximum Gasteiger partial charge on any atom is 0.322 e. The van der Waals surface area contributed by atoms with Crippen LogP contribution < -0.4 is 10.6 Å². The van der Waals surface area contributed by atoms with E-state index in [-0.39, 0.29) is 12.6 Å². The Kier molecular flexibility index (Phi) is 4.51. The minimum absolute atomic E-state index is 0.198. The Morgan fingerprint density at radius 3 is 2.53 bits per heavy atom. The summed E-state index contributed by atoms with van der Waals surface area (Å²) in [6.45, 7) is 3.55. The van der Waals surface area contributed by atoms with E-state index in [1.165, 1.54) is 0 Å².